The highest BCUT2D eigenvalue weighted by atomic mass is 19.4. The Balaban J connectivity index is 1.69. The number of hydrogen-bond acceptors (Lipinski definition) is 4. The van der Waals surface area contributed by atoms with Gasteiger partial charge in [-0.05, 0) is 44.2 Å². The topological polar surface area (TPSA) is 87.7 Å². The zero-order valence-electron chi connectivity index (χ0n) is 14.2. The molecule has 4 N–H and O–H groups in total. The smallest absolute Gasteiger partial charge is 0.319 e. The minimum absolute atomic E-state index is 0.108. The first-order valence-electron chi connectivity index (χ1n) is 8.90. The van der Waals surface area contributed by atoms with Crippen LogP contribution in [0.25, 0.3) is 0 Å². The van der Waals surface area contributed by atoms with Gasteiger partial charge < -0.3 is 10.6 Å². The summed E-state index contributed by atoms with van der Waals surface area (Å²) in [4.78, 5) is 12.8. The van der Waals surface area contributed by atoms with E-state index in [1.54, 1.807) is 0 Å². The van der Waals surface area contributed by atoms with Crippen LogP contribution >= 0.6 is 0 Å². The number of guanidine groups is 1. The zero-order valence-corrected chi connectivity index (χ0v) is 14.2. The molecule has 2 heterocycles. The van der Waals surface area contributed by atoms with Crippen LogP contribution in [-0.4, -0.2) is 28.6 Å². The molecule has 0 aromatic carbocycles. The normalized spacial score (nSPS) is 28.6. The van der Waals surface area contributed by atoms with Crippen LogP contribution in [0.2, 0.25) is 0 Å². The molecule has 9 heteroatoms. The first kappa shape index (κ1) is 17.3. The lowest BCUT2D eigenvalue weighted by Crippen LogP contribution is -2.68. The van der Waals surface area contributed by atoms with Crippen LogP contribution < -0.4 is 16.4 Å². The van der Waals surface area contributed by atoms with E-state index in [2.05, 4.69) is 25.6 Å². The van der Waals surface area contributed by atoms with Crippen molar-refractivity contribution in [1.29, 1.82) is 0 Å². The molecule has 2 saturated carbocycles. The Kier molecular flexibility index (Phi) is 4.13. The molecule has 26 heavy (non-hydrogen) atoms. The number of aliphatic imine (C=N–C) groups is 2. The summed E-state index contributed by atoms with van der Waals surface area (Å²) >= 11 is 0. The fraction of sp³-hybridized carbons (Fsp3) is 0.588. The zero-order chi connectivity index (χ0) is 18.4. The van der Waals surface area contributed by atoms with E-state index in [1.807, 2.05) is 0 Å². The molecule has 6 nitrogen and oxygen atoms in total. The van der Waals surface area contributed by atoms with Gasteiger partial charge in [-0.3, -0.25) is 5.73 Å². The van der Waals surface area contributed by atoms with Crippen molar-refractivity contribution >= 4 is 11.8 Å². The molecule has 0 bridgehead atoms. The third kappa shape index (κ3) is 3.27. The lowest BCUT2D eigenvalue weighted by molar-refractivity contribution is -0.141. The Hall–Kier alpha value is -2.16. The second-order valence-corrected chi connectivity index (χ2v) is 7.13. The molecule has 0 amide bonds. The summed E-state index contributed by atoms with van der Waals surface area (Å²) in [7, 11) is 0. The van der Waals surface area contributed by atoms with Gasteiger partial charge in [-0.15, -0.1) is 0 Å². The maximum absolute atomic E-state index is 13.0. The predicted octanol–water partition coefficient (Wildman–Crippen LogP) is 2.36. The Morgan fingerprint density at radius 2 is 1.88 bits per heavy atom. The number of nitrogens with two attached hydrogens (primary N) is 1. The van der Waals surface area contributed by atoms with Gasteiger partial charge in [0.25, 0.3) is 0 Å². The summed E-state index contributed by atoms with van der Waals surface area (Å²) in [6.07, 6.45) is 1.54. The van der Waals surface area contributed by atoms with Gasteiger partial charge in [0.1, 0.15) is 11.4 Å². The first-order valence-corrected chi connectivity index (χ1v) is 8.90. The van der Waals surface area contributed by atoms with E-state index in [1.165, 1.54) is 12.1 Å². The Morgan fingerprint density at radius 3 is 2.46 bits per heavy atom. The van der Waals surface area contributed by atoms with Crippen LogP contribution in [0.15, 0.2) is 28.2 Å². The molecule has 0 radical (unpaired) electrons. The Morgan fingerprint density at radius 1 is 1.15 bits per heavy atom. The van der Waals surface area contributed by atoms with E-state index in [0.29, 0.717) is 5.96 Å². The molecule has 4 rings (SSSR count). The van der Waals surface area contributed by atoms with Gasteiger partial charge in [0.2, 0.25) is 0 Å². The van der Waals surface area contributed by atoms with Gasteiger partial charge in [-0.25, -0.2) is 15.0 Å². The predicted molar refractivity (Wildman–Crippen MR) is 91.4 cm³/mol. The number of hydrogen-bond donors (Lipinski definition) is 3. The molecule has 0 saturated heterocycles. The third-order valence-electron chi connectivity index (χ3n) is 5.25. The lowest BCUT2D eigenvalue weighted by Gasteiger charge is -2.43. The molecule has 1 aliphatic heterocycles. The molecule has 3 aliphatic rings. The SMILES string of the molecule is NC1(C2CCC2)N=C(c2cccc(C(F)(F)F)n2)NC(=NC2CCC2)N1. The van der Waals surface area contributed by atoms with Crippen LogP contribution in [0.5, 0.6) is 0 Å². The van der Waals surface area contributed by atoms with Crippen LogP contribution in [0.4, 0.5) is 13.2 Å². The molecule has 140 valence electrons. The molecule has 0 spiro atoms. The average molecular weight is 366 g/mol. The second kappa shape index (κ2) is 6.22. The van der Waals surface area contributed by atoms with Gasteiger partial charge in [-0.2, -0.15) is 13.2 Å². The molecule has 2 fully saturated rings. The largest absolute Gasteiger partial charge is 0.433 e. The van der Waals surface area contributed by atoms with Gasteiger partial charge in [-0.1, -0.05) is 12.5 Å². The number of amidine groups is 1. The number of alkyl halides is 3. The fourth-order valence-electron chi connectivity index (χ4n) is 3.22. The first-order chi connectivity index (χ1) is 12.3. The summed E-state index contributed by atoms with van der Waals surface area (Å²) in [6.45, 7) is 0. The van der Waals surface area contributed by atoms with Crippen molar-refractivity contribution in [1.82, 2.24) is 15.6 Å². The molecule has 1 atom stereocenters. The summed E-state index contributed by atoms with van der Waals surface area (Å²) in [5.41, 5.74) is 5.62. The van der Waals surface area contributed by atoms with E-state index in [0.717, 1.165) is 44.6 Å². The number of nitrogens with one attached hydrogen (secondary N) is 2. The maximum Gasteiger partial charge on any atom is 0.433 e. The lowest BCUT2D eigenvalue weighted by atomic mass is 9.79. The van der Waals surface area contributed by atoms with Gasteiger partial charge >= 0.3 is 6.18 Å². The minimum Gasteiger partial charge on any atom is -0.319 e. The fourth-order valence-corrected chi connectivity index (χ4v) is 3.22. The number of aromatic nitrogens is 1. The van der Waals surface area contributed by atoms with Gasteiger partial charge in [0.15, 0.2) is 17.6 Å². The van der Waals surface area contributed by atoms with E-state index < -0.39 is 17.7 Å². The van der Waals surface area contributed by atoms with Gasteiger partial charge in [0.05, 0.1) is 6.04 Å². The van der Waals surface area contributed by atoms with E-state index >= 15 is 0 Å². The number of halogens is 3. The van der Waals surface area contributed by atoms with Crippen LogP contribution in [0.3, 0.4) is 0 Å². The van der Waals surface area contributed by atoms with Crippen molar-refractivity contribution in [2.75, 3.05) is 0 Å². The minimum atomic E-state index is -4.51. The van der Waals surface area contributed by atoms with Crippen molar-refractivity contribution in [3.05, 3.63) is 29.6 Å². The van der Waals surface area contributed by atoms with Crippen LogP contribution in [-0.2, 0) is 6.18 Å². The van der Waals surface area contributed by atoms with Crippen LogP contribution in [0, 0.1) is 5.92 Å². The van der Waals surface area contributed by atoms with Crippen molar-refractivity contribution in [2.45, 2.75) is 56.5 Å². The van der Waals surface area contributed by atoms with Crippen molar-refractivity contribution in [2.24, 2.45) is 21.6 Å². The second-order valence-electron chi connectivity index (χ2n) is 7.13. The summed E-state index contributed by atoms with van der Waals surface area (Å²) in [5.74, 6) is -0.259. The summed E-state index contributed by atoms with van der Waals surface area (Å²) in [5, 5.41) is 6.14. The van der Waals surface area contributed by atoms with Gasteiger partial charge in [0, 0.05) is 5.92 Å². The standard InChI is InChI=1S/C17H21F3N6/c18-16(19,20)13-9-3-8-12(23-13)14-24-15(22-11-6-2-7-11)26-17(21,25-14)10-4-1-5-10/h3,8-11H,1-2,4-7,21H2,(H2,22,24,25,26). The highest BCUT2D eigenvalue weighted by Gasteiger charge is 2.43. The van der Waals surface area contributed by atoms with Crippen molar-refractivity contribution in [3.63, 3.8) is 0 Å². The molecular weight excluding hydrogens is 345 g/mol. The van der Waals surface area contributed by atoms with Crippen molar-refractivity contribution in [3.8, 4) is 0 Å². The summed E-state index contributed by atoms with van der Waals surface area (Å²) < 4.78 is 39.0. The van der Waals surface area contributed by atoms with Crippen molar-refractivity contribution < 1.29 is 13.2 Å². The van der Waals surface area contributed by atoms with Crippen LogP contribution in [0.1, 0.15) is 49.9 Å². The maximum atomic E-state index is 13.0. The van der Waals surface area contributed by atoms with E-state index in [9.17, 15) is 13.2 Å². The molecule has 1 unspecified atom stereocenters. The monoisotopic (exact) mass is 366 g/mol. The van der Waals surface area contributed by atoms with E-state index in [-0.39, 0.29) is 23.5 Å². The molecule has 1 aromatic heterocycles. The molecule has 1 aromatic rings. The highest BCUT2D eigenvalue weighted by Crippen LogP contribution is 2.35. The third-order valence-corrected chi connectivity index (χ3v) is 5.25. The Labute approximate surface area is 149 Å². The number of pyridine rings is 1. The quantitative estimate of drug-likeness (QED) is 0.766. The molecular formula is C17H21F3N6. The van der Waals surface area contributed by atoms with E-state index in [4.69, 9.17) is 5.73 Å². The highest BCUT2D eigenvalue weighted by molar-refractivity contribution is 6.09. The summed E-state index contributed by atoms with van der Waals surface area (Å²) in [6, 6.07) is 3.97. The average Bonchev–Trinajstić information content (AvgIpc) is 2.48. The number of rotatable bonds is 3. The number of nitrogens with zero attached hydrogens (tertiary/aromatic N) is 3. The molecule has 2 aliphatic carbocycles. The Bertz CT molecular complexity index is 751.